The van der Waals surface area contributed by atoms with Gasteiger partial charge in [-0.2, -0.15) is 0 Å². The number of nitrogens with one attached hydrogen (secondary N) is 1. The van der Waals surface area contributed by atoms with Crippen molar-refractivity contribution < 1.29 is 14.6 Å². The van der Waals surface area contributed by atoms with Crippen LogP contribution in [-0.4, -0.2) is 44.6 Å². The second kappa shape index (κ2) is 8.58. The largest absolute Gasteiger partial charge is 0.480 e. The van der Waals surface area contributed by atoms with Gasteiger partial charge in [-0.1, -0.05) is 49.7 Å². The Morgan fingerprint density at radius 2 is 2.19 bits per heavy atom. The number of H-pyrrole nitrogens is 1. The van der Waals surface area contributed by atoms with Gasteiger partial charge in [0.1, 0.15) is 16.3 Å². The third kappa shape index (κ3) is 4.01. The molecule has 0 amide bonds. The summed E-state index contributed by atoms with van der Waals surface area (Å²) in [4.78, 5) is 32.6. The quantitative estimate of drug-likeness (QED) is 0.431. The first-order chi connectivity index (χ1) is 13.1. The summed E-state index contributed by atoms with van der Waals surface area (Å²) >= 11 is 1.14. The number of methoxy groups -OCH3 is 1. The van der Waals surface area contributed by atoms with Crippen molar-refractivity contribution in [3.8, 4) is 0 Å². The van der Waals surface area contributed by atoms with E-state index >= 15 is 0 Å². The third-order valence-corrected chi connectivity index (χ3v) is 5.68. The number of carboxylic acid groups (broad SMARTS) is 1. The molecule has 1 aromatic carbocycles. The first-order valence-corrected chi connectivity index (χ1v) is 9.84. The number of benzene rings is 1. The number of carboxylic acids is 1. The van der Waals surface area contributed by atoms with Gasteiger partial charge in [-0.05, 0) is 12.5 Å². The van der Waals surface area contributed by atoms with Crippen molar-refractivity contribution in [3.63, 3.8) is 0 Å². The van der Waals surface area contributed by atoms with E-state index in [0.29, 0.717) is 35.8 Å². The van der Waals surface area contributed by atoms with Gasteiger partial charge in [-0.3, -0.25) is 14.2 Å². The van der Waals surface area contributed by atoms with Gasteiger partial charge in [0.2, 0.25) is 0 Å². The van der Waals surface area contributed by atoms with E-state index in [1.54, 1.807) is 7.11 Å². The first-order valence-electron chi connectivity index (χ1n) is 8.96. The van der Waals surface area contributed by atoms with Gasteiger partial charge in [0.15, 0.2) is 5.16 Å². The lowest BCUT2D eigenvalue weighted by Crippen LogP contribution is -2.27. The number of ether oxygens (including phenoxy) is 1. The Hall–Kier alpha value is -2.32. The van der Waals surface area contributed by atoms with Gasteiger partial charge < -0.3 is 14.8 Å². The number of fused-ring (bicyclic) bond motifs is 3. The Kier molecular flexibility index (Phi) is 6.18. The van der Waals surface area contributed by atoms with Crippen LogP contribution in [0.25, 0.3) is 21.9 Å². The SMILES string of the molecule is CCCC[C@H](Sc1nc2c([nH]c3ccccc32)c(=O)n1CCOC)C(=O)O. The van der Waals surface area contributed by atoms with Crippen LogP contribution in [0.5, 0.6) is 0 Å². The van der Waals surface area contributed by atoms with Crippen molar-refractivity contribution in [1.82, 2.24) is 14.5 Å². The van der Waals surface area contributed by atoms with Crippen LogP contribution < -0.4 is 5.56 Å². The summed E-state index contributed by atoms with van der Waals surface area (Å²) in [6, 6.07) is 7.58. The second-order valence-corrected chi connectivity index (χ2v) is 7.50. The Balaban J connectivity index is 2.14. The lowest BCUT2D eigenvalue weighted by Gasteiger charge is -2.15. The summed E-state index contributed by atoms with van der Waals surface area (Å²) in [7, 11) is 1.56. The average Bonchev–Trinajstić information content (AvgIpc) is 3.03. The molecule has 1 atom stereocenters. The predicted molar refractivity (Wildman–Crippen MR) is 107 cm³/mol. The van der Waals surface area contributed by atoms with E-state index in [4.69, 9.17) is 4.74 Å². The van der Waals surface area contributed by atoms with Crippen molar-refractivity contribution in [1.29, 1.82) is 0 Å². The molecule has 0 saturated heterocycles. The number of carbonyl (C=O) groups is 1. The molecular weight excluding hydrogens is 366 g/mol. The molecule has 0 fully saturated rings. The highest BCUT2D eigenvalue weighted by Gasteiger charge is 2.23. The summed E-state index contributed by atoms with van der Waals surface area (Å²) < 4.78 is 6.63. The Morgan fingerprint density at radius 3 is 2.89 bits per heavy atom. The maximum Gasteiger partial charge on any atom is 0.317 e. The van der Waals surface area contributed by atoms with E-state index in [1.165, 1.54) is 4.57 Å². The van der Waals surface area contributed by atoms with Crippen LogP contribution >= 0.6 is 11.8 Å². The highest BCUT2D eigenvalue weighted by atomic mass is 32.2. The van der Waals surface area contributed by atoms with Crippen molar-refractivity contribution in [2.24, 2.45) is 0 Å². The minimum absolute atomic E-state index is 0.213. The van der Waals surface area contributed by atoms with Gasteiger partial charge in [-0.15, -0.1) is 0 Å². The molecule has 2 N–H and O–H groups in total. The molecule has 0 bridgehead atoms. The van der Waals surface area contributed by atoms with E-state index in [-0.39, 0.29) is 5.56 Å². The lowest BCUT2D eigenvalue weighted by molar-refractivity contribution is -0.136. The standard InChI is InChI=1S/C19H23N3O4S/c1-3-4-9-14(18(24)25)27-19-21-15-12-7-5-6-8-13(12)20-16(15)17(23)22(19)10-11-26-2/h5-8,14,20H,3-4,9-11H2,1-2H3,(H,24,25)/t14-/m0/s1. The molecule has 2 aromatic heterocycles. The van der Waals surface area contributed by atoms with Gasteiger partial charge in [0.25, 0.3) is 5.56 Å². The number of hydrogen-bond acceptors (Lipinski definition) is 5. The van der Waals surface area contributed by atoms with Crippen molar-refractivity contribution in [2.45, 2.75) is 43.1 Å². The second-order valence-electron chi connectivity index (χ2n) is 6.33. The van der Waals surface area contributed by atoms with E-state index in [2.05, 4.69) is 9.97 Å². The topological polar surface area (TPSA) is 97.2 Å². The average molecular weight is 389 g/mol. The molecule has 2 heterocycles. The van der Waals surface area contributed by atoms with Crippen LogP contribution in [0.1, 0.15) is 26.2 Å². The molecular formula is C19H23N3O4S. The molecule has 27 heavy (non-hydrogen) atoms. The van der Waals surface area contributed by atoms with Crippen LogP contribution in [0.4, 0.5) is 0 Å². The maximum atomic E-state index is 13.1. The number of hydrogen-bond donors (Lipinski definition) is 2. The fourth-order valence-electron chi connectivity index (χ4n) is 3.00. The molecule has 0 spiro atoms. The van der Waals surface area contributed by atoms with Crippen molar-refractivity contribution in [3.05, 3.63) is 34.6 Å². The number of nitrogens with zero attached hydrogens (tertiary/aromatic N) is 2. The predicted octanol–water partition coefficient (Wildman–Crippen LogP) is 3.26. The van der Waals surface area contributed by atoms with E-state index in [1.807, 2.05) is 31.2 Å². The molecule has 144 valence electrons. The number of thioether (sulfide) groups is 1. The molecule has 0 aliphatic carbocycles. The molecule has 3 aromatic rings. The van der Waals surface area contributed by atoms with E-state index in [9.17, 15) is 14.7 Å². The molecule has 0 radical (unpaired) electrons. The Bertz CT molecular complexity index is 1010. The Labute approximate surface area is 160 Å². The maximum absolute atomic E-state index is 13.1. The molecule has 8 heteroatoms. The van der Waals surface area contributed by atoms with Gasteiger partial charge in [0, 0.05) is 18.0 Å². The monoisotopic (exact) mass is 389 g/mol. The van der Waals surface area contributed by atoms with Crippen LogP contribution in [0.2, 0.25) is 0 Å². The van der Waals surface area contributed by atoms with Crippen LogP contribution in [-0.2, 0) is 16.1 Å². The summed E-state index contributed by atoms with van der Waals surface area (Å²) in [5.41, 5.74) is 1.62. The molecule has 0 saturated carbocycles. The third-order valence-electron chi connectivity index (χ3n) is 4.44. The van der Waals surface area contributed by atoms with Crippen LogP contribution in [0.3, 0.4) is 0 Å². The van der Waals surface area contributed by atoms with Gasteiger partial charge in [-0.25, -0.2) is 4.98 Å². The lowest BCUT2D eigenvalue weighted by atomic mass is 10.2. The van der Waals surface area contributed by atoms with Crippen molar-refractivity contribution >= 4 is 39.7 Å². The zero-order valence-corrected chi connectivity index (χ0v) is 16.2. The summed E-state index contributed by atoms with van der Waals surface area (Å²) in [5, 5.41) is 10.2. The van der Waals surface area contributed by atoms with Crippen molar-refractivity contribution in [2.75, 3.05) is 13.7 Å². The Morgan fingerprint density at radius 1 is 1.41 bits per heavy atom. The number of aliphatic carboxylic acids is 1. The minimum Gasteiger partial charge on any atom is -0.480 e. The summed E-state index contributed by atoms with van der Waals surface area (Å²) in [6.07, 6.45) is 2.25. The zero-order valence-electron chi connectivity index (χ0n) is 15.4. The highest BCUT2D eigenvalue weighted by Crippen LogP contribution is 2.28. The fraction of sp³-hybridized carbons (Fsp3) is 0.421. The summed E-state index contributed by atoms with van der Waals surface area (Å²) in [6.45, 7) is 2.68. The number of unbranched alkanes of at least 4 members (excludes halogenated alkanes) is 1. The normalized spacial score (nSPS) is 12.7. The van der Waals surface area contributed by atoms with Gasteiger partial charge in [0.05, 0.1) is 13.2 Å². The number of aromatic amines is 1. The fourth-order valence-corrected chi connectivity index (χ4v) is 4.08. The molecule has 0 unspecified atom stereocenters. The minimum atomic E-state index is -0.889. The zero-order chi connectivity index (χ0) is 19.4. The van der Waals surface area contributed by atoms with Gasteiger partial charge >= 0.3 is 5.97 Å². The van der Waals surface area contributed by atoms with E-state index < -0.39 is 11.2 Å². The first kappa shape index (κ1) is 19.4. The molecule has 0 aliphatic rings. The van der Waals surface area contributed by atoms with E-state index in [0.717, 1.165) is 35.5 Å². The number of aromatic nitrogens is 3. The smallest absolute Gasteiger partial charge is 0.317 e. The molecule has 3 rings (SSSR count). The van der Waals surface area contributed by atoms with Crippen LogP contribution in [0.15, 0.2) is 34.2 Å². The number of rotatable bonds is 9. The van der Waals surface area contributed by atoms with Crippen LogP contribution in [0, 0.1) is 0 Å². The summed E-state index contributed by atoms with van der Waals surface area (Å²) in [5.74, 6) is -0.889. The molecule has 7 nitrogen and oxygen atoms in total. The molecule has 0 aliphatic heterocycles. The highest BCUT2D eigenvalue weighted by molar-refractivity contribution is 8.00. The number of para-hydroxylation sites is 1.